The van der Waals surface area contributed by atoms with E-state index in [1.165, 1.54) is 17.3 Å². The molecule has 2 aliphatic rings. The highest BCUT2D eigenvalue weighted by Gasteiger charge is 2.61. The van der Waals surface area contributed by atoms with E-state index in [9.17, 15) is 9.90 Å². The molecule has 1 aliphatic heterocycles. The van der Waals surface area contributed by atoms with Crippen molar-refractivity contribution < 1.29 is 19.0 Å². The summed E-state index contributed by atoms with van der Waals surface area (Å²) in [6.45, 7) is 7.67. The molecule has 1 saturated heterocycles. The summed E-state index contributed by atoms with van der Waals surface area (Å²) in [6.07, 6.45) is 5.52. The quantitative estimate of drug-likeness (QED) is 0.504. The molecule has 2 fully saturated rings. The second-order valence-corrected chi connectivity index (χ2v) is 11.1. The lowest BCUT2D eigenvalue weighted by Crippen LogP contribution is -2.56. The van der Waals surface area contributed by atoms with Gasteiger partial charge < -0.3 is 20.1 Å². The second-order valence-electron chi connectivity index (χ2n) is 11.1. The Morgan fingerprint density at radius 2 is 2.00 bits per heavy atom. The van der Waals surface area contributed by atoms with Crippen LogP contribution >= 0.6 is 0 Å². The Kier molecular flexibility index (Phi) is 5.51. The zero-order valence-electron chi connectivity index (χ0n) is 21.2. The first-order chi connectivity index (χ1) is 16.9. The lowest BCUT2D eigenvalue weighted by Gasteiger charge is -2.51. The van der Waals surface area contributed by atoms with Crippen LogP contribution in [0.1, 0.15) is 59.1 Å². The maximum absolute atomic E-state index is 16.5. The molecular formula is C26H33FN6O3. The summed E-state index contributed by atoms with van der Waals surface area (Å²) in [4.78, 5) is 27.5. The van der Waals surface area contributed by atoms with Crippen LogP contribution in [0.25, 0.3) is 11.0 Å². The summed E-state index contributed by atoms with van der Waals surface area (Å²) in [5.41, 5.74) is 4.42. The number of aliphatic hydroxyl groups is 1. The molecule has 3 aromatic rings. The minimum absolute atomic E-state index is 0.259. The maximum atomic E-state index is 16.5. The van der Waals surface area contributed by atoms with Gasteiger partial charge >= 0.3 is 6.09 Å². The summed E-state index contributed by atoms with van der Waals surface area (Å²) in [5, 5.41) is 10.2. The van der Waals surface area contributed by atoms with E-state index in [4.69, 9.17) is 10.5 Å². The van der Waals surface area contributed by atoms with Gasteiger partial charge in [-0.1, -0.05) is 13.8 Å². The molecule has 2 aromatic heterocycles. The van der Waals surface area contributed by atoms with Crippen molar-refractivity contribution >= 4 is 28.6 Å². The smallest absolute Gasteiger partial charge is 0.416 e. The summed E-state index contributed by atoms with van der Waals surface area (Å²) in [5.74, 6) is 0.343. The van der Waals surface area contributed by atoms with E-state index in [1.807, 2.05) is 30.5 Å². The molecule has 1 aromatic carbocycles. The zero-order valence-corrected chi connectivity index (χ0v) is 21.2. The van der Waals surface area contributed by atoms with Gasteiger partial charge in [-0.2, -0.15) is 0 Å². The maximum Gasteiger partial charge on any atom is 0.416 e. The molecule has 1 saturated carbocycles. The summed E-state index contributed by atoms with van der Waals surface area (Å²) in [7, 11) is 0. The Bertz CT molecular complexity index is 1310. The van der Waals surface area contributed by atoms with Crippen LogP contribution in [0.15, 0.2) is 36.9 Å². The third-order valence-corrected chi connectivity index (χ3v) is 8.01. The van der Waals surface area contributed by atoms with E-state index >= 15 is 4.39 Å². The molecule has 1 amide bonds. The van der Waals surface area contributed by atoms with Gasteiger partial charge in [-0.05, 0) is 57.7 Å². The number of rotatable bonds is 5. The van der Waals surface area contributed by atoms with Gasteiger partial charge in [0, 0.05) is 17.6 Å². The Balaban J connectivity index is 1.44. The van der Waals surface area contributed by atoms with Crippen LogP contribution in [-0.2, 0) is 16.9 Å². The highest BCUT2D eigenvalue weighted by Crippen LogP contribution is 2.55. The number of ether oxygens (including phenoxy) is 1. The van der Waals surface area contributed by atoms with Gasteiger partial charge in [-0.25, -0.2) is 19.2 Å². The fourth-order valence-corrected chi connectivity index (χ4v) is 5.86. The summed E-state index contributed by atoms with van der Waals surface area (Å²) < 4.78 is 24.4. The monoisotopic (exact) mass is 496 g/mol. The predicted molar refractivity (Wildman–Crippen MR) is 134 cm³/mol. The number of nitrogen functional groups attached to an aromatic ring is 1. The molecule has 5 rings (SSSR count). The van der Waals surface area contributed by atoms with Crippen LogP contribution in [0, 0.1) is 5.41 Å². The zero-order chi connectivity index (χ0) is 25.9. The van der Waals surface area contributed by atoms with Crippen molar-refractivity contribution in [2.45, 2.75) is 76.8 Å². The molecular weight excluding hydrogens is 463 g/mol. The van der Waals surface area contributed by atoms with Gasteiger partial charge in [0.1, 0.15) is 16.9 Å². The molecule has 0 radical (unpaired) electrons. The van der Waals surface area contributed by atoms with Crippen molar-refractivity contribution in [3.8, 4) is 0 Å². The second kappa shape index (κ2) is 8.12. The molecule has 3 heterocycles. The van der Waals surface area contributed by atoms with Gasteiger partial charge in [0.25, 0.3) is 0 Å². The number of hydrogen-bond donors (Lipinski definition) is 2. The first-order valence-electron chi connectivity index (χ1n) is 12.3. The largest absolute Gasteiger partial charge is 0.441 e. The SMILES string of the molecule is CCC1(F)CC[C@@]2(CN(c3cnc(C(C)(C)O)cn3)C(=O)O2)C[C@@]1(C)Cn1cnc2ccc(N)cc21. The molecule has 10 heteroatoms. The van der Waals surface area contributed by atoms with Gasteiger partial charge in [-0.15, -0.1) is 0 Å². The van der Waals surface area contributed by atoms with E-state index in [-0.39, 0.29) is 13.0 Å². The fourth-order valence-electron chi connectivity index (χ4n) is 5.86. The van der Waals surface area contributed by atoms with Gasteiger partial charge in [-0.3, -0.25) is 9.88 Å². The van der Waals surface area contributed by atoms with Crippen molar-refractivity contribution in [3.05, 3.63) is 42.6 Å². The number of carbonyl (C=O) groups is 1. The average Bonchev–Trinajstić information content (AvgIpc) is 3.36. The topological polar surface area (TPSA) is 119 Å². The van der Waals surface area contributed by atoms with E-state index in [2.05, 4.69) is 15.0 Å². The van der Waals surface area contributed by atoms with Crippen LogP contribution < -0.4 is 10.6 Å². The van der Waals surface area contributed by atoms with Crippen molar-refractivity contribution in [3.63, 3.8) is 0 Å². The minimum atomic E-state index is -1.44. The summed E-state index contributed by atoms with van der Waals surface area (Å²) in [6, 6.07) is 5.50. The molecule has 9 nitrogen and oxygen atoms in total. The standard InChI is InChI=1S/C26H33FN6O3/c1-5-26(27)9-8-25(13-24(26,4)14-32-16-31-18-7-6-17(28)10-19(18)32)15-33(22(34)36-25)21-12-29-20(11-30-21)23(2,3)35/h6-7,10-12,16,35H,5,8-9,13-15,28H2,1-4H3/t24-,25-,26?/m0/s1. The Labute approximate surface area is 209 Å². The number of halogens is 1. The first kappa shape index (κ1) is 24.4. The van der Waals surface area contributed by atoms with E-state index < -0.39 is 28.4 Å². The number of imidazole rings is 1. The van der Waals surface area contributed by atoms with Crippen LogP contribution in [0.5, 0.6) is 0 Å². The number of nitrogens with two attached hydrogens (primary N) is 1. The normalized spacial score (nSPS) is 28.7. The fraction of sp³-hybridized carbons (Fsp3) is 0.538. The van der Waals surface area contributed by atoms with Crippen LogP contribution in [-0.4, -0.2) is 48.5 Å². The Morgan fingerprint density at radius 1 is 1.22 bits per heavy atom. The lowest BCUT2D eigenvalue weighted by atomic mass is 9.59. The molecule has 192 valence electrons. The molecule has 1 spiro atoms. The number of aromatic nitrogens is 4. The molecule has 3 atom stereocenters. The third-order valence-electron chi connectivity index (χ3n) is 8.01. The van der Waals surface area contributed by atoms with E-state index in [1.54, 1.807) is 26.2 Å². The van der Waals surface area contributed by atoms with Crippen LogP contribution in [0.2, 0.25) is 0 Å². The number of carbonyl (C=O) groups excluding carboxylic acids is 1. The predicted octanol–water partition coefficient (Wildman–Crippen LogP) is 4.34. The Morgan fingerprint density at radius 3 is 2.67 bits per heavy atom. The van der Waals surface area contributed by atoms with E-state index in [0.29, 0.717) is 43.0 Å². The summed E-state index contributed by atoms with van der Waals surface area (Å²) >= 11 is 0. The number of fused-ring (bicyclic) bond motifs is 1. The van der Waals surface area contributed by atoms with Gasteiger partial charge in [0.2, 0.25) is 0 Å². The number of amides is 1. The highest BCUT2D eigenvalue weighted by atomic mass is 19.1. The molecule has 1 unspecified atom stereocenters. The molecule has 1 aliphatic carbocycles. The van der Waals surface area contributed by atoms with Crippen molar-refractivity contribution in [1.82, 2.24) is 19.5 Å². The highest BCUT2D eigenvalue weighted by molar-refractivity contribution is 5.89. The number of hydrogen-bond acceptors (Lipinski definition) is 7. The number of anilines is 2. The van der Waals surface area contributed by atoms with Crippen molar-refractivity contribution in [1.29, 1.82) is 0 Å². The minimum Gasteiger partial charge on any atom is -0.441 e. The first-order valence-corrected chi connectivity index (χ1v) is 12.3. The Hall–Kier alpha value is -3.27. The van der Waals surface area contributed by atoms with Crippen molar-refractivity contribution in [2.24, 2.45) is 5.41 Å². The molecule has 36 heavy (non-hydrogen) atoms. The van der Waals surface area contributed by atoms with Gasteiger partial charge in [0.15, 0.2) is 5.82 Å². The molecule has 0 bridgehead atoms. The lowest BCUT2D eigenvalue weighted by molar-refractivity contribution is -0.122. The third kappa shape index (κ3) is 3.97. The average molecular weight is 497 g/mol. The van der Waals surface area contributed by atoms with Gasteiger partial charge in [0.05, 0.1) is 42.0 Å². The number of alkyl halides is 1. The van der Waals surface area contributed by atoms with E-state index in [0.717, 1.165) is 11.0 Å². The molecule has 3 N–H and O–H groups in total. The number of nitrogens with zero attached hydrogens (tertiary/aromatic N) is 5. The van der Waals surface area contributed by atoms with Crippen LogP contribution in [0.4, 0.5) is 20.7 Å². The number of benzene rings is 1. The van der Waals surface area contributed by atoms with Crippen molar-refractivity contribution in [2.75, 3.05) is 17.2 Å². The van der Waals surface area contributed by atoms with Crippen LogP contribution in [0.3, 0.4) is 0 Å².